The first-order chi connectivity index (χ1) is 9.13. The summed E-state index contributed by atoms with van der Waals surface area (Å²) in [6.45, 7) is 3.15. The zero-order valence-electron chi connectivity index (χ0n) is 11.5. The SMILES string of the molecule is CNC(C)C1CCCCN1c1ccc(C(N)=O)nn1. The molecule has 0 bridgehead atoms. The second kappa shape index (κ2) is 5.97. The molecule has 104 valence electrons. The molecule has 19 heavy (non-hydrogen) atoms. The van der Waals surface area contributed by atoms with E-state index in [1.807, 2.05) is 13.1 Å². The second-order valence-electron chi connectivity index (χ2n) is 4.97. The molecule has 1 amide bonds. The molecule has 1 aromatic heterocycles. The molecule has 1 aliphatic rings. The minimum atomic E-state index is -0.544. The number of hydrogen-bond donors (Lipinski definition) is 2. The third-order valence-electron chi connectivity index (χ3n) is 3.78. The molecule has 2 atom stereocenters. The second-order valence-corrected chi connectivity index (χ2v) is 4.97. The van der Waals surface area contributed by atoms with E-state index >= 15 is 0 Å². The van der Waals surface area contributed by atoms with Crippen molar-refractivity contribution in [3.8, 4) is 0 Å². The Hall–Kier alpha value is -1.69. The molecule has 0 saturated carbocycles. The molecule has 1 saturated heterocycles. The van der Waals surface area contributed by atoms with E-state index < -0.39 is 5.91 Å². The first-order valence-corrected chi connectivity index (χ1v) is 6.71. The van der Waals surface area contributed by atoms with Crippen LogP contribution in [0.1, 0.15) is 36.7 Å². The van der Waals surface area contributed by atoms with E-state index in [9.17, 15) is 4.79 Å². The fourth-order valence-corrected chi connectivity index (χ4v) is 2.56. The molecule has 1 aliphatic heterocycles. The fourth-order valence-electron chi connectivity index (χ4n) is 2.56. The lowest BCUT2D eigenvalue weighted by Gasteiger charge is -2.39. The molecule has 2 heterocycles. The number of carbonyl (C=O) groups excluding carboxylic acids is 1. The number of aromatic nitrogens is 2. The van der Waals surface area contributed by atoms with Crippen LogP contribution >= 0.6 is 0 Å². The quantitative estimate of drug-likeness (QED) is 0.828. The summed E-state index contributed by atoms with van der Waals surface area (Å²) in [6, 6.07) is 4.26. The number of piperidine rings is 1. The predicted molar refractivity (Wildman–Crippen MR) is 74.1 cm³/mol. The number of primary amides is 1. The standard InChI is InChI=1S/C13H21N5O/c1-9(15-2)11-5-3-4-8-18(11)12-7-6-10(13(14)19)16-17-12/h6-7,9,11,15H,3-5,8H2,1-2H3,(H2,14,19). The van der Waals surface area contributed by atoms with Crippen LogP contribution in [0.4, 0.5) is 5.82 Å². The van der Waals surface area contributed by atoms with Crippen LogP contribution in [0.3, 0.4) is 0 Å². The van der Waals surface area contributed by atoms with E-state index in [1.165, 1.54) is 6.42 Å². The van der Waals surface area contributed by atoms with Gasteiger partial charge in [0.15, 0.2) is 11.5 Å². The Morgan fingerprint density at radius 2 is 2.26 bits per heavy atom. The number of anilines is 1. The summed E-state index contributed by atoms with van der Waals surface area (Å²) in [6.07, 6.45) is 3.54. The highest BCUT2D eigenvalue weighted by Gasteiger charge is 2.27. The number of amides is 1. The van der Waals surface area contributed by atoms with E-state index in [0.29, 0.717) is 12.1 Å². The van der Waals surface area contributed by atoms with Crippen LogP contribution in [0.5, 0.6) is 0 Å². The first-order valence-electron chi connectivity index (χ1n) is 6.71. The molecular formula is C13H21N5O. The lowest BCUT2D eigenvalue weighted by Crippen LogP contribution is -2.50. The zero-order valence-corrected chi connectivity index (χ0v) is 11.5. The van der Waals surface area contributed by atoms with Crippen LogP contribution in [0.2, 0.25) is 0 Å². The average molecular weight is 263 g/mol. The monoisotopic (exact) mass is 263 g/mol. The third-order valence-corrected chi connectivity index (χ3v) is 3.78. The minimum Gasteiger partial charge on any atom is -0.364 e. The van der Waals surface area contributed by atoms with E-state index in [-0.39, 0.29) is 5.69 Å². The van der Waals surface area contributed by atoms with Crippen molar-refractivity contribution in [3.63, 3.8) is 0 Å². The van der Waals surface area contributed by atoms with Gasteiger partial charge in [0.1, 0.15) is 0 Å². The van der Waals surface area contributed by atoms with Crippen LogP contribution in [0, 0.1) is 0 Å². The highest BCUT2D eigenvalue weighted by atomic mass is 16.1. The van der Waals surface area contributed by atoms with Gasteiger partial charge in [-0.2, -0.15) is 0 Å². The summed E-state index contributed by atoms with van der Waals surface area (Å²) in [5, 5.41) is 11.3. The maximum atomic E-state index is 11.0. The number of nitrogens with two attached hydrogens (primary N) is 1. The molecule has 2 unspecified atom stereocenters. The molecule has 1 aromatic rings. The van der Waals surface area contributed by atoms with Crippen molar-refractivity contribution in [3.05, 3.63) is 17.8 Å². The summed E-state index contributed by atoms with van der Waals surface area (Å²) < 4.78 is 0. The van der Waals surface area contributed by atoms with E-state index in [1.54, 1.807) is 6.07 Å². The molecule has 0 radical (unpaired) electrons. The van der Waals surface area contributed by atoms with Crippen molar-refractivity contribution in [2.24, 2.45) is 5.73 Å². The van der Waals surface area contributed by atoms with Crippen molar-refractivity contribution in [1.29, 1.82) is 0 Å². The Kier molecular flexibility index (Phi) is 4.31. The van der Waals surface area contributed by atoms with Gasteiger partial charge in [0.25, 0.3) is 5.91 Å². The molecule has 1 fully saturated rings. The molecule has 6 heteroatoms. The van der Waals surface area contributed by atoms with Gasteiger partial charge < -0.3 is 16.0 Å². The van der Waals surface area contributed by atoms with Crippen molar-refractivity contribution in [1.82, 2.24) is 15.5 Å². The zero-order chi connectivity index (χ0) is 13.8. The Labute approximate surface area is 113 Å². The van der Waals surface area contributed by atoms with Crippen LogP contribution in [0.15, 0.2) is 12.1 Å². The lowest BCUT2D eigenvalue weighted by molar-refractivity contribution is 0.0994. The lowest BCUT2D eigenvalue weighted by atomic mass is 9.96. The van der Waals surface area contributed by atoms with Gasteiger partial charge in [-0.1, -0.05) is 0 Å². The Balaban J connectivity index is 2.19. The molecule has 2 rings (SSSR count). The van der Waals surface area contributed by atoms with Gasteiger partial charge >= 0.3 is 0 Å². The fraction of sp³-hybridized carbons (Fsp3) is 0.615. The van der Waals surface area contributed by atoms with Gasteiger partial charge in [0, 0.05) is 18.6 Å². The minimum absolute atomic E-state index is 0.207. The summed E-state index contributed by atoms with van der Waals surface area (Å²) in [4.78, 5) is 13.3. The topological polar surface area (TPSA) is 84.1 Å². The molecule has 6 nitrogen and oxygen atoms in total. The van der Waals surface area contributed by atoms with Crippen LogP contribution in [-0.2, 0) is 0 Å². The van der Waals surface area contributed by atoms with E-state index in [0.717, 1.165) is 25.2 Å². The van der Waals surface area contributed by atoms with Crippen LogP contribution in [-0.4, -0.2) is 41.8 Å². The summed E-state index contributed by atoms with van der Waals surface area (Å²) in [5.74, 6) is 0.273. The van der Waals surface area contributed by atoms with Gasteiger partial charge in [-0.25, -0.2) is 0 Å². The summed E-state index contributed by atoms with van der Waals surface area (Å²) >= 11 is 0. The van der Waals surface area contributed by atoms with Gasteiger partial charge in [0.05, 0.1) is 0 Å². The number of rotatable bonds is 4. The van der Waals surface area contributed by atoms with Gasteiger partial charge in [0.2, 0.25) is 0 Å². The Morgan fingerprint density at radius 1 is 1.47 bits per heavy atom. The highest BCUT2D eigenvalue weighted by molar-refractivity contribution is 5.90. The maximum Gasteiger partial charge on any atom is 0.269 e. The normalized spacial score (nSPS) is 21.2. The van der Waals surface area contributed by atoms with Gasteiger partial charge in [-0.3, -0.25) is 4.79 Å². The van der Waals surface area contributed by atoms with Crippen LogP contribution in [0.25, 0.3) is 0 Å². The summed E-state index contributed by atoms with van der Waals surface area (Å²) in [5.41, 5.74) is 5.38. The van der Waals surface area contributed by atoms with Crippen LogP contribution < -0.4 is 16.0 Å². The predicted octanol–water partition coefficient (Wildman–Crippen LogP) is 0.542. The summed E-state index contributed by atoms with van der Waals surface area (Å²) in [7, 11) is 1.97. The molecule has 3 N–H and O–H groups in total. The van der Waals surface area contributed by atoms with E-state index in [2.05, 4.69) is 27.3 Å². The van der Waals surface area contributed by atoms with Crippen molar-refractivity contribution in [2.45, 2.75) is 38.3 Å². The van der Waals surface area contributed by atoms with E-state index in [4.69, 9.17) is 5.73 Å². The molecule has 0 spiro atoms. The third kappa shape index (κ3) is 3.01. The first kappa shape index (κ1) is 13.7. The van der Waals surface area contributed by atoms with Crippen molar-refractivity contribution in [2.75, 3.05) is 18.5 Å². The number of nitrogens with zero attached hydrogens (tertiary/aromatic N) is 3. The molecular weight excluding hydrogens is 242 g/mol. The highest BCUT2D eigenvalue weighted by Crippen LogP contribution is 2.24. The van der Waals surface area contributed by atoms with Gasteiger partial charge in [-0.05, 0) is 45.4 Å². The Bertz CT molecular complexity index is 433. The number of likely N-dealkylation sites (N-methyl/N-ethyl adjacent to an activating group) is 1. The number of hydrogen-bond acceptors (Lipinski definition) is 5. The number of carbonyl (C=O) groups is 1. The maximum absolute atomic E-state index is 11.0. The largest absolute Gasteiger partial charge is 0.364 e. The van der Waals surface area contributed by atoms with Crippen molar-refractivity contribution >= 4 is 11.7 Å². The van der Waals surface area contributed by atoms with Gasteiger partial charge in [-0.15, -0.1) is 10.2 Å². The van der Waals surface area contributed by atoms with Crippen molar-refractivity contribution < 1.29 is 4.79 Å². The molecule has 0 aliphatic carbocycles. The average Bonchev–Trinajstić information content (AvgIpc) is 2.46. The Morgan fingerprint density at radius 3 is 2.84 bits per heavy atom. The smallest absolute Gasteiger partial charge is 0.269 e. The molecule has 0 aromatic carbocycles. The number of nitrogens with one attached hydrogen (secondary N) is 1.